The summed E-state index contributed by atoms with van der Waals surface area (Å²) in [6.45, 7) is 0.846. The predicted molar refractivity (Wildman–Crippen MR) is 93.8 cm³/mol. The number of aliphatic hydroxyl groups excluding tert-OH is 1. The first kappa shape index (κ1) is 21.5. The molecule has 0 saturated carbocycles. The maximum Gasteiger partial charge on any atom is 0.220 e. The number of aliphatic hydroxyl groups is 1. The molecule has 0 aliphatic rings. The van der Waals surface area contributed by atoms with Crippen molar-refractivity contribution in [3.63, 3.8) is 0 Å². The summed E-state index contributed by atoms with van der Waals surface area (Å²) in [6.07, 6.45) is 3.53. The van der Waals surface area contributed by atoms with Crippen LogP contribution in [0.25, 0.3) is 0 Å². The fourth-order valence-corrected chi connectivity index (χ4v) is 2.51. The van der Waals surface area contributed by atoms with E-state index < -0.39 is 6.10 Å². The van der Waals surface area contributed by atoms with Crippen molar-refractivity contribution in [3.05, 3.63) is 33.8 Å². The minimum atomic E-state index is -0.817. The van der Waals surface area contributed by atoms with Gasteiger partial charge in [0.2, 0.25) is 5.91 Å². The van der Waals surface area contributed by atoms with Gasteiger partial charge in [-0.15, -0.1) is 12.4 Å². The summed E-state index contributed by atoms with van der Waals surface area (Å²) in [5.74, 6) is -0.0603. The lowest BCUT2D eigenvalue weighted by Gasteiger charge is -2.13. The van der Waals surface area contributed by atoms with Gasteiger partial charge in [-0.1, -0.05) is 36.0 Å². The van der Waals surface area contributed by atoms with Gasteiger partial charge < -0.3 is 16.2 Å². The second-order valence-corrected chi connectivity index (χ2v) is 5.85. The summed E-state index contributed by atoms with van der Waals surface area (Å²) in [5.41, 5.74) is 6.00. The van der Waals surface area contributed by atoms with Crippen molar-refractivity contribution in [3.8, 4) is 0 Å². The molecule has 1 unspecified atom stereocenters. The van der Waals surface area contributed by atoms with Crippen molar-refractivity contribution in [1.82, 2.24) is 5.32 Å². The Kier molecular flexibility index (Phi) is 11.7. The first-order valence-electron chi connectivity index (χ1n) is 7.13. The molecular weight excluding hydrogens is 347 g/mol. The van der Waals surface area contributed by atoms with Gasteiger partial charge in [0.05, 0.1) is 6.10 Å². The molecule has 4 N–H and O–H groups in total. The molecule has 1 atom stereocenters. The van der Waals surface area contributed by atoms with Gasteiger partial charge in [0.25, 0.3) is 0 Å². The monoisotopic (exact) mass is 368 g/mol. The van der Waals surface area contributed by atoms with Crippen molar-refractivity contribution in [2.45, 2.75) is 38.2 Å². The lowest BCUT2D eigenvalue weighted by Crippen LogP contribution is -2.28. The summed E-state index contributed by atoms with van der Waals surface area (Å²) in [7, 11) is 0. The van der Waals surface area contributed by atoms with Gasteiger partial charge in [0.1, 0.15) is 0 Å². The largest absolute Gasteiger partial charge is 0.387 e. The highest BCUT2D eigenvalue weighted by molar-refractivity contribution is 6.34. The molecule has 4 nitrogen and oxygen atoms in total. The van der Waals surface area contributed by atoms with E-state index in [-0.39, 0.29) is 24.9 Å². The average molecular weight is 370 g/mol. The Bertz CT molecular complexity index is 438. The van der Waals surface area contributed by atoms with E-state index in [0.29, 0.717) is 28.6 Å². The molecule has 0 spiro atoms. The summed E-state index contributed by atoms with van der Waals surface area (Å²) < 4.78 is 0. The summed E-state index contributed by atoms with van der Waals surface area (Å²) in [4.78, 5) is 11.6. The van der Waals surface area contributed by atoms with Crippen molar-refractivity contribution in [2.75, 3.05) is 13.1 Å². The highest BCUT2D eigenvalue weighted by atomic mass is 35.5. The third-order valence-electron chi connectivity index (χ3n) is 3.12. The number of carbonyl (C=O) groups excluding carboxylic acids is 1. The lowest BCUT2D eigenvalue weighted by molar-refractivity contribution is -0.121. The molecular formula is C15H23Cl3N2O2. The second-order valence-electron chi connectivity index (χ2n) is 4.98. The van der Waals surface area contributed by atoms with Crippen molar-refractivity contribution < 1.29 is 9.90 Å². The molecule has 126 valence electrons. The zero-order valence-electron chi connectivity index (χ0n) is 12.4. The normalized spacial score (nSPS) is 11.6. The summed E-state index contributed by atoms with van der Waals surface area (Å²) in [5, 5.41) is 13.6. The van der Waals surface area contributed by atoms with Gasteiger partial charge in [-0.25, -0.2) is 0 Å². The van der Waals surface area contributed by atoms with Gasteiger partial charge in [-0.2, -0.15) is 0 Å². The average Bonchev–Trinajstić information content (AvgIpc) is 2.43. The van der Waals surface area contributed by atoms with Crippen LogP contribution in [0.1, 0.15) is 43.8 Å². The van der Waals surface area contributed by atoms with Crippen LogP contribution < -0.4 is 11.1 Å². The van der Waals surface area contributed by atoms with Crippen LogP contribution in [0.2, 0.25) is 10.0 Å². The van der Waals surface area contributed by atoms with Gasteiger partial charge in [-0.05, 0) is 43.1 Å². The number of nitrogens with two attached hydrogens (primary N) is 1. The molecule has 0 aromatic heterocycles. The number of hydrogen-bond donors (Lipinski definition) is 3. The van der Waals surface area contributed by atoms with Crippen LogP contribution in [0.15, 0.2) is 18.2 Å². The number of nitrogens with one attached hydrogen (secondary N) is 1. The molecule has 0 aliphatic carbocycles. The predicted octanol–water partition coefficient (Wildman–Crippen LogP) is 3.47. The molecule has 0 saturated heterocycles. The number of carbonyl (C=O) groups is 1. The smallest absolute Gasteiger partial charge is 0.220 e. The van der Waals surface area contributed by atoms with E-state index in [2.05, 4.69) is 5.32 Å². The standard InChI is InChI=1S/C15H22Cl2N2O2.ClH/c16-12-7-11(8-13(17)9-12)14(20)10-19-15(21)5-3-1-2-4-6-18;/h7-9,14,20H,1-6,10,18H2,(H,19,21);1H. The third kappa shape index (κ3) is 8.81. The number of halogens is 3. The van der Waals surface area contributed by atoms with E-state index in [1.165, 1.54) is 0 Å². The number of rotatable bonds is 9. The van der Waals surface area contributed by atoms with E-state index in [0.717, 1.165) is 25.7 Å². The van der Waals surface area contributed by atoms with E-state index >= 15 is 0 Å². The molecule has 1 rings (SSSR count). The molecule has 0 heterocycles. The summed E-state index contributed by atoms with van der Waals surface area (Å²) in [6, 6.07) is 4.87. The van der Waals surface area contributed by atoms with Crippen LogP contribution in [-0.2, 0) is 4.79 Å². The third-order valence-corrected chi connectivity index (χ3v) is 3.56. The van der Waals surface area contributed by atoms with E-state index in [4.69, 9.17) is 28.9 Å². The molecule has 0 fully saturated rings. The number of hydrogen-bond acceptors (Lipinski definition) is 3. The molecule has 7 heteroatoms. The molecule has 0 aliphatic heterocycles. The van der Waals surface area contributed by atoms with Gasteiger partial charge in [0, 0.05) is 23.0 Å². The van der Waals surface area contributed by atoms with E-state index in [9.17, 15) is 9.90 Å². The molecule has 1 aromatic rings. The first-order chi connectivity index (χ1) is 10.0. The SMILES string of the molecule is Cl.NCCCCCCC(=O)NCC(O)c1cc(Cl)cc(Cl)c1. The molecule has 22 heavy (non-hydrogen) atoms. The van der Waals surface area contributed by atoms with Crippen LogP contribution in [0, 0.1) is 0 Å². The number of unbranched alkanes of at least 4 members (excludes halogenated alkanes) is 3. The first-order valence-corrected chi connectivity index (χ1v) is 7.89. The summed E-state index contributed by atoms with van der Waals surface area (Å²) >= 11 is 11.8. The van der Waals surface area contributed by atoms with Crippen molar-refractivity contribution in [2.24, 2.45) is 5.73 Å². The zero-order valence-corrected chi connectivity index (χ0v) is 14.7. The second kappa shape index (κ2) is 12.0. The van der Waals surface area contributed by atoms with Crippen molar-refractivity contribution in [1.29, 1.82) is 0 Å². The Labute approximate surface area is 147 Å². The van der Waals surface area contributed by atoms with Crippen LogP contribution in [-0.4, -0.2) is 24.1 Å². The molecule has 0 bridgehead atoms. The highest BCUT2D eigenvalue weighted by Crippen LogP contribution is 2.23. The maximum absolute atomic E-state index is 11.6. The zero-order chi connectivity index (χ0) is 15.7. The lowest BCUT2D eigenvalue weighted by atomic mass is 10.1. The van der Waals surface area contributed by atoms with Gasteiger partial charge >= 0.3 is 0 Å². The molecule has 1 amide bonds. The Balaban J connectivity index is 0.00000441. The Morgan fingerprint density at radius 1 is 1.14 bits per heavy atom. The van der Waals surface area contributed by atoms with Gasteiger partial charge in [0.15, 0.2) is 0 Å². The quantitative estimate of drug-likeness (QED) is 0.583. The number of benzene rings is 1. The van der Waals surface area contributed by atoms with Crippen LogP contribution >= 0.6 is 35.6 Å². The fraction of sp³-hybridized carbons (Fsp3) is 0.533. The topological polar surface area (TPSA) is 75.4 Å². The van der Waals surface area contributed by atoms with Crippen molar-refractivity contribution >= 4 is 41.5 Å². The maximum atomic E-state index is 11.6. The van der Waals surface area contributed by atoms with Crippen LogP contribution in [0.4, 0.5) is 0 Å². The molecule has 0 radical (unpaired) electrons. The van der Waals surface area contributed by atoms with Crippen LogP contribution in [0.5, 0.6) is 0 Å². The van der Waals surface area contributed by atoms with Gasteiger partial charge in [-0.3, -0.25) is 4.79 Å². The molecule has 1 aromatic carbocycles. The highest BCUT2D eigenvalue weighted by Gasteiger charge is 2.11. The Morgan fingerprint density at radius 2 is 1.73 bits per heavy atom. The Morgan fingerprint density at radius 3 is 2.32 bits per heavy atom. The van der Waals surface area contributed by atoms with Crippen LogP contribution in [0.3, 0.4) is 0 Å². The van der Waals surface area contributed by atoms with E-state index in [1.807, 2.05) is 0 Å². The minimum Gasteiger partial charge on any atom is -0.387 e. The van der Waals surface area contributed by atoms with E-state index in [1.54, 1.807) is 18.2 Å². The fourth-order valence-electron chi connectivity index (χ4n) is 1.97. The minimum absolute atomic E-state index is 0. The Hall–Kier alpha value is -0.520. The number of amides is 1.